The molecule has 0 aromatic heterocycles. The molecule has 18 heavy (non-hydrogen) atoms. The molecule has 1 aliphatic heterocycles. The summed E-state index contributed by atoms with van der Waals surface area (Å²) in [6.45, 7) is 6.88. The minimum Gasteiger partial charge on any atom is -0.444 e. The predicted octanol–water partition coefficient (Wildman–Crippen LogP) is 2.98. The monoisotopic (exact) mass is 248 g/mol. The Morgan fingerprint density at radius 1 is 1.33 bits per heavy atom. The Kier molecular flexibility index (Phi) is 3.20. The minimum atomic E-state index is -0.447. The van der Waals surface area contributed by atoms with Gasteiger partial charge in [-0.2, -0.15) is 0 Å². The van der Waals surface area contributed by atoms with Crippen molar-refractivity contribution in [2.45, 2.75) is 39.5 Å². The van der Waals surface area contributed by atoms with Gasteiger partial charge in [-0.1, -0.05) is 12.1 Å². The minimum absolute atomic E-state index is 0.249. The number of hydrogen-bond acceptors (Lipinski definition) is 3. The van der Waals surface area contributed by atoms with E-state index in [4.69, 9.17) is 4.74 Å². The number of rotatable bonds is 1. The van der Waals surface area contributed by atoms with Crippen LogP contribution in [0.5, 0.6) is 0 Å². The maximum atomic E-state index is 12.0. The number of carbonyl (C=O) groups excluding carboxylic acids is 1. The van der Waals surface area contributed by atoms with Crippen molar-refractivity contribution in [3.05, 3.63) is 29.3 Å². The van der Waals surface area contributed by atoms with E-state index in [1.807, 2.05) is 40.0 Å². The maximum absolute atomic E-state index is 12.0. The summed E-state index contributed by atoms with van der Waals surface area (Å²) in [4.78, 5) is 13.7. The molecule has 1 aromatic rings. The van der Waals surface area contributed by atoms with Gasteiger partial charge in [0.25, 0.3) is 0 Å². The number of carbonyl (C=O) groups is 1. The molecule has 0 radical (unpaired) electrons. The van der Waals surface area contributed by atoms with Crippen LogP contribution in [0.4, 0.5) is 10.5 Å². The quantitative estimate of drug-likeness (QED) is 0.830. The van der Waals surface area contributed by atoms with E-state index in [-0.39, 0.29) is 6.09 Å². The van der Waals surface area contributed by atoms with E-state index in [0.717, 1.165) is 5.69 Å². The number of ether oxygens (including phenoxy) is 1. The second-order valence-corrected chi connectivity index (χ2v) is 5.53. The number of fused-ring (bicyclic) bond motifs is 1. The summed E-state index contributed by atoms with van der Waals surface area (Å²) < 4.78 is 5.39. The molecule has 1 amide bonds. The third kappa shape index (κ3) is 2.58. The molecule has 0 spiro atoms. The Bertz CT molecular complexity index is 463. The van der Waals surface area contributed by atoms with Gasteiger partial charge < -0.3 is 10.1 Å². The SMILES string of the molecule is CNc1cccc2c1CN(C(=O)OC(C)(C)C)C2. The summed E-state index contributed by atoms with van der Waals surface area (Å²) in [6.07, 6.45) is -0.249. The van der Waals surface area contributed by atoms with Gasteiger partial charge >= 0.3 is 6.09 Å². The lowest BCUT2D eigenvalue weighted by atomic mass is 10.1. The molecule has 0 bridgehead atoms. The average Bonchev–Trinajstić information content (AvgIpc) is 2.70. The zero-order chi connectivity index (χ0) is 13.3. The first-order valence-electron chi connectivity index (χ1n) is 6.17. The van der Waals surface area contributed by atoms with Gasteiger partial charge in [-0.05, 0) is 38.0 Å². The van der Waals surface area contributed by atoms with E-state index in [2.05, 4.69) is 11.4 Å². The molecule has 0 fully saturated rings. The van der Waals surface area contributed by atoms with Crippen LogP contribution in [-0.2, 0) is 17.8 Å². The fraction of sp³-hybridized carbons (Fsp3) is 0.500. The van der Waals surface area contributed by atoms with Gasteiger partial charge in [0, 0.05) is 19.3 Å². The average molecular weight is 248 g/mol. The van der Waals surface area contributed by atoms with Crippen molar-refractivity contribution in [2.24, 2.45) is 0 Å². The predicted molar refractivity (Wildman–Crippen MR) is 71.5 cm³/mol. The van der Waals surface area contributed by atoms with Crippen LogP contribution in [0.25, 0.3) is 0 Å². The Morgan fingerprint density at radius 3 is 2.67 bits per heavy atom. The Morgan fingerprint density at radius 2 is 2.06 bits per heavy atom. The van der Waals surface area contributed by atoms with Crippen molar-refractivity contribution in [2.75, 3.05) is 12.4 Å². The first kappa shape index (κ1) is 12.7. The van der Waals surface area contributed by atoms with Gasteiger partial charge in [-0.25, -0.2) is 4.79 Å². The highest BCUT2D eigenvalue weighted by Crippen LogP contribution is 2.29. The lowest BCUT2D eigenvalue weighted by Crippen LogP contribution is -2.33. The highest BCUT2D eigenvalue weighted by molar-refractivity contribution is 5.71. The van der Waals surface area contributed by atoms with Crippen molar-refractivity contribution >= 4 is 11.8 Å². The van der Waals surface area contributed by atoms with Gasteiger partial charge in [-0.3, -0.25) is 4.90 Å². The van der Waals surface area contributed by atoms with Crippen molar-refractivity contribution in [1.29, 1.82) is 0 Å². The second kappa shape index (κ2) is 4.52. The zero-order valence-corrected chi connectivity index (χ0v) is 11.4. The van der Waals surface area contributed by atoms with E-state index < -0.39 is 5.60 Å². The van der Waals surface area contributed by atoms with E-state index >= 15 is 0 Å². The van der Waals surface area contributed by atoms with Crippen LogP contribution in [-0.4, -0.2) is 23.6 Å². The molecule has 4 nitrogen and oxygen atoms in total. The molecule has 0 unspecified atom stereocenters. The number of hydrogen-bond donors (Lipinski definition) is 1. The van der Waals surface area contributed by atoms with Crippen molar-refractivity contribution in [1.82, 2.24) is 4.90 Å². The topological polar surface area (TPSA) is 41.6 Å². The Balaban J connectivity index is 2.13. The van der Waals surface area contributed by atoms with Crippen LogP contribution < -0.4 is 5.32 Å². The van der Waals surface area contributed by atoms with Gasteiger partial charge in [0.1, 0.15) is 5.60 Å². The normalized spacial score (nSPS) is 14.3. The number of nitrogens with one attached hydrogen (secondary N) is 1. The van der Waals surface area contributed by atoms with E-state index in [1.165, 1.54) is 11.1 Å². The van der Waals surface area contributed by atoms with Crippen LogP contribution >= 0.6 is 0 Å². The number of nitrogens with zero attached hydrogens (tertiary/aromatic N) is 1. The van der Waals surface area contributed by atoms with Gasteiger partial charge in [0.15, 0.2) is 0 Å². The lowest BCUT2D eigenvalue weighted by Gasteiger charge is -2.24. The Labute approximate surface area is 108 Å². The highest BCUT2D eigenvalue weighted by atomic mass is 16.6. The Hall–Kier alpha value is -1.71. The largest absolute Gasteiger partial charge is 0.444 e. The molecule has 1 heterocycles. The van der Waals surface area contributed by atoms with Gasteiger partial charge in [0.2, 0.25) is 0 Å². The van der Waals surface area contributed by atoms with Gasteiger partial charge in [0.05, 0.1) is 6.54 Å². The molecule has 0 atom stereocenters. The van der Waals surface area contributed by atoms with Crippen molar-refractivity contribution in [3.63, 3.8) is 0 Å². The maximum Gasteiger partial charge on any atom is 0.410 e. The number of benzene rings is 1. The lowest BCUT2D eigenvalue weighted by molar-refractivity contribution is 0.0242. The van der Waals surface area contributed by atoms with Crippen molar-refractivity contribution in [3.8, 4) is 0 Å². The standard InChI is InChI=1S/C14H20N2O2/c1-14(2,3)18-13(17)16-8-10-6-5-7-12(15-4)11(10)9-16/h5-7,15H,8-9H2,1-4H3. The molecule has 0 saturated carbocycles. The van der Waals surface area contributed by atoms with Crippen LogP contribution in [0.15, 0.2) is 18.2 Å². The van der Waals surface area contributed by atoms with E-state index in [1.54, 1.807) is 4.90 Å². The molecule has 1 aliphatic rings. The molecule has 4 heteroatoms. The fourth-order valence-electron chi connectivity index (χ4n) is 2.11. The summed E-state index contributed by atoms with van der Waals surface area (Å²) in [5.41, 5.74) is 3.01. The van der Waals surface area contributed by atoms with Crippen LogP contribution in [0.3, 0.4) is 0 Å². The molecule has 2 rings (SSSR count). The second-order valence-electron chi connectivity index (χ2n) is 5.53. The first-order valence-corrected chi connectivity index (χ1v) is 6.17. The fourth-order valence-corrected chi connectivity index (χ4v) is 2.11. The molecule has 1 aromatic carbocycles. The van der Waals surface area contributed by atoms with E-state index in [0.29, 0.717) is 13.1 Å². The molecular weight excluding hydrogens is 228 g/mol. The third-order valence-corrected chi connectivity index (χ3v) is 2.90. The van der Waals surface area contributed by atoms with Crippen LogP contribution in [0, 0.1) is 0 Å². The summed E-state index contributed by atoms with van der Waals surface area (Å²) in [5.74, 6) is 0. The van der Waals surface area contributed by atoms with Crippen LogP contribution in [0.2, 0.25) is 0 Å². The number of anilines is 1. The van der Waals surface area contributed by atoms with E-state index in [9.17, 15) is 4.79 Å². The molecule has 1 N–H and O–H groups in total. The summed E-state index contributed by atoms with van der Waals surface area (Å²) in [5, 5.41) is 3.16. The molecule has 0 saturated heterocycles. The van der Waals surface area contributed by atoms with Crippen LogP contribution in [0.1, 0.15) is 31.9 Å². The van der Waals surface area contributed by atoms with Gasteiger partial charge in [-0.15, -0.1) is 0 Å². The first-order chi connectivity index (χ1) is 8.40. The zero-order valence-electron chi connectivity index (χ0n) is 11.4. The van der Waals surface area contributed by atoms with Crippen molar-refractivity contribution < 1.29 is 9.53 Å². The number of amides is 1. The third-order valence-electron chi connectivity index (χ3n) is 2.90. The summed E-state index contributed by atoms with van der Waals surface area (Å²) in [6, 6.07) is 6.08. The summed E-state index contributed by atoms with van der Waals surface area (Å²) >= 11 is 0. The molecular formula is C14H20N2O2. The highest BCUT2D eigenvalue weighted by Gasteiger charge is 2.28. The smallest absolute Gasteiger partial charge is 0.410 e. The summed E-state index contributed by atoms with van der Waals surface area (Å²) in [7, 11) is 1.89. The molecule has 98 valence electrons. The molecule has 0 aliphatic carbocycles.